The van der Waals surface area contributed by atoms with Crippen LogP contribution in [-0.2, 0) is 4.79 Å². The van der Waals surface area contributed by atoms with E-state index in [1.54, 1.807) is 11.8 Å². The fourth-order valence-corrected chi connectivity index (χ4v) is 3.79. The summed E-state index contributed by atoms with van der Waals surface area (Å²) in [6.45, 7) is 5.88. The SMILES string of the molecule is CSc1ccc(N2CCCC(C(=O)N3CCC(C)CC3)C2)nn1. The Bertz CT molecular complexity index is 528. The zero-order chi connectivity index (χ0) is 16.2. The van der Waals surface area contributed by atoms with Gasteiger partial charge in [0.15, 0.2) is 5.82 Å². The number of likely N-dealkylation sites (tertiary alicyclic amines) is 1. The summed E-state index contributed by atoms with van der Waals surface area (Å²) >= 11 is 1.60. The molecule has 2 saturated heterocycles. The Balaban J connectivity index is 1.62. The van der Waals surface area contributed by atoms with Gasteiger partial charge >= 0.3 is 0 Å². The third kappa shape index (κ3) is 3.97. The number of hydrogen-bond acceptors (Lipinski definition) is 5. The molecule has 3 rings (SSSR count). The van der Waals surface area contributed by atoms with Gasteiger partial charge in [-0.05, 0) is 50.0 Å². The van der Waals surface area contributed by atoms with Crippen LogP contribution >= 0.6 is 11.8 Å². The maximum absolute atomic E-state index is 12.8. The van der Waals surface area contributed by atoms with Crippen molar-refractivity contribution >= 4 is 23.5 Å². The number of aromatic nitrogens is 2. The third-order valence-corrected chi connectivity index (χ3v) is 5.66. The molecule has 0 radical (unpaired) electrons. The van der Waals surface area contributed by atoms with Gasteiger partial charge in [0.2, 0.25) is 5.91 Å². The Labute approximate surface area is 142 Å². The van der Waals surface area contributed by atoms with Gasteiger partial charge in [0.1, 0.15) is 5.03 Å². The molecule has 6 heteroatoms. The van der Waals surface area contributed by atoms with Crippen LogP contribution in [0.1, 0.15) is 32.6 Å². The Kier molecular flexibility index (Phi) is 5.41. The number of hydrogen-bond donors (Lipinski definition) is 0. The first kappa shape index (κ1) is 16.6. The molecule has 2 aliphatic heterocycles. The summed E-state index contributed by atoms with van der Waals surface area (Å²) in [5.74, 6) is 2.11. The molecular weight excluding hydrogens is 308 g/mol. The minimum absolute atomic E-state index is 0.110. The van der Waals surface area contributed by atoms with Gasteiger partial charge in [0, 0.05) is 26.2 Å². The summed E-state index contributed by atoms with van der Waals surface area (Å²) in [5.41, 5.74) is 0. The van der Waals surface area contributed by atoms with Gasteiger partial charge in [-0.1, -0.05) is 6.92 Å². The number of nitrogens with zero attached hydrogens (tertiary/aromatic N) is 4. The van der Waals surface area contributed by atoms with E-state index in [2.05, 4.69) is 26.9 Å². The molecule has 1 aromatic rings. The summed E-state index contributed by atoms with van der Waals surface area (Å²) in [7, 11) is 0. The smallest absolute Gasteiger partial charge is 0.227 e. The van der Waals surface area contributed by atoms with E-state index < -0.39 is 0 Å². The van der Waals surface area contributed by atoms with Gasteiger partial charge < -0.3 is 9.80 Å². The first-order valence-electron chi connectivity index (χ1n) is 8.59. The van der Waals surface area contributed by atoms with Crippen molar-refractivity contribution in [3.8, 4) is 0 Å². The minimum atomic E-state index is 0.110. The molecule has 1 aromatic heterocycles. The van der Waals surface area contributed by atoms with E-state index in [0.29, 0.717) is 5.91 Å². The molecule has 1 atom stereocenters. The molecular formula is C17H26N4OS. The van der Waals surface area contributed by atoms with Crippen molar-refractivity contribution in [2.45, 2.75) is 37.6 Å². The van der Waals surface area contributed by atoms with E-state index in [1.807, 2.05) is 18.4 Å². The first-order chi connectivity index (χ1) is 11.2. The number of rotatable bonds is 3. The van der Waals surface area contributed by atoms with Gasteiger partial charge in [-0.15, -0.1) is 22.0 Å². The van der Waals surface area contributed by atoms with E-state index in [-0.39, 0.29) is 5.92 Å². The Morgan fingerprint density at radius 2 is 1.96 bits per heavy atom. The highest BCUT2D eigenvalue weighted by Gasteiger charge is 2.31. The number of amides is 1. The number of carbonyl (C=O) groups is 1. The molecule has 1 amide bonds. The second-order valence-corrected chi connectivity index (χ2v) is 7.55. The third-order valence-electron chi connectivity index (χ3n) is 5.03. The van der Waals surface area contributed by atoms with Crippen LogP contribution in [-0.4, -0.2) is 53.4 Å². The van der Waals surface area contributed by atoms with Gasteiger partial charge in [0.25, 0.3) is 0 Å². The van der Waals surface area contributed by atoms with E-state index in [0.717, 1.165) is 68.6 Å². The van der Waals surface area contributed by atoms with Crippen LogP contribution in [0.3, 0.4) is 0 Å². The van der Waals surface area contributed by atoms with Crippen LogP contribution in [0.2, 0.25) is 0 Å². The van der Waals surface area contributed by atoms with Crippen LogP contribution in [0.5, 0.6) is 0 Å². The lowest BCUT2D eigenvalue weighted by Crippen LogP contribution is -2.47. The Morgan fingerprint density at radius 3 is 2.61 bits per heavy atom. The number of carbonyl (C=O) groups excluding carboxylic acids is 1. The van der Waals surface area contributed by atoms with E-state index >= 15 is 0 Å². The Morgan fingerprint density at radius 1 is 1.17 bits per heavy atom. The van der Waals surface area contributed by atoms with Crippen LogP contribution in [0.15, 0.2) is 17.2 Å². The van der Waals surface area contributed by atoms with Gasteiger partial charge in [-0.25, -0.2) is 0 Å². The summed E-state index contributed by atoms with van der Waals surface area (Å²) in [6.07, 6.45) is 6.33. The van der Waals surface area contributed by atoms with Crippen molar-refractivity contribution in [1.82, 2.24) is 15.1 Å². The molecule has 0 saturated carbocycles. The summed E-state index contributed by atoms with van der Waals surface area (Å²) in [4.78, 5) is 17.1. The Hall–Kier alpha value is -1.30. The van der Waals surface area contributed by atoms with E-state index in [1.165, 1.54) is 0 Å². The van der Waals surface area contributed by atoms with E-state index in [9.17, 15) is 4.79 Å². The predicted octanol–water partition coefficient (Wildman–Crippen LogP) is 2.67. The van der Waals surface area contributed by atoms with Crippen molar-refractivity contribution in [2.24, 2.45) is 11.8 Å². The second kappa shape index (κ2) is 7.51. The monoisotopic (exact) mass is 334 g/mol. The molecule has 23 heavy (non-hydrogen) atoms. The van der Waals surface area contributed by atoms with Crippen LogP contribution in [0, 0.1) is 11.8 Å². The molecule has 0 N–H and O–H groups in total. The summed E-state index contributed by atoms with van der Waals surface area (Å²) in [5, 5.41) is 9.47. The molecule has 0 aliphatic carbocycles. The molecule has 2 fully saturated rings. The standard InChI is InChI=1S/C17H26N4OS/c1-13-7-10-20(11-8-13)17(22)14-4-3-9-21(12-14)15-5-6-16(23-2)19-18-15/h5-6,13-14H,3-4,7-12H2,1-2H3. The topological polar surface area (TPSA) is 49.3 Å². The lowest BCUT2D eigenvalue weighted by molar-refractivity contribution is -0.137. The zero-order valence-corrected chi connectivity index (χ0v) is 14.9. The van der Waals surface area contributed by atoms with Gasteiger partial charge in [-0.3, -0.25) is 4.79 Å². The van der Waals surface area contributed by atoms with E-state index in [4.69, 9.17) is 0 Å². The maximum atomic E-state index is 12.8. The highest BCUT2D eigenvalue weighted by Crippen LogP contribution is 2.25. The predicted molar refractivity (Wildman–Crippen MR) is 93.7 cm³/mol. The molecule has 5 nitrogen and oxygen atoms in total. The highest BCUT2D eigenvalue weighted by atomic mass is 32.2. The average Bonchev–Trinajstić information content (AvgIpc) is 2.62. The highest BCUT2D eigenvalue weighted by molar-refractivity contribution is 7.98. The number of piperidine rings is 2. The molecule has 0 aromatic carbocycles. The normalized spacial score (nSPS) is 23.1. The largest absolute Gasteiger partial charge is 0.354 e. The molecule has 0 spiro atoms. The molecule has 0 bridgehead atoms. The molecule has 3 heterocycles. The molecule has 2 aliphatic rings. The average molecular weight is 334 g/mol. The zero-order valence-electron chi connectivity index (χ0n) is 14.1. The van der Waals surface area contributed by atoms with Crippen LogP contribution < -0.4 is 4.90 Å². The summed E-state index contributed by atoms with van der Waals surface area (Å²) in [6, 6.07) is 4.03. The lowest BCUT2D eigenvalue weighted by Gasteiger charge is -2.37. The lowest BCUT2D eigenvalue weighted by atomic mass is 9.93. The van der Waals surface area contributed by atoms with Crippen LogP contribution in [0.25, 0.3) is 0 Å². The van der Waals surface area contributed by atoms with Gasteiger partial charge in [-0.2, -0.15) is 0 Å². The second-order valence-electron chi connectivity index (χ2n) is 6.73. The van der Waals surface area contributed by atoms with Crippen molar-refractivity contribution in [2.75, 3.05) is 37.3 Å². The number of thioether (sulfide) groups is 1. The molecule has 126 valence electrons. The summed E-state index contributed by atoms with van der Waals surface area (Å²) < 4.78 is 0. The number of anilines is 1. The first-order valence-corrected chi connectivity index (χ1v) is 9.81. The fraction of sp³-hybridized carbons (Fsp3) is 0.706. The maximum Gasteiger partial charge on any atom is 0.227 e. The van der Waals surface area contributed by atoms with Gasteiger partial charge in [0.05, 0.1) is 5.92 Å². The van der Waals surface area contributed by atoms with Crippen molar-refractivity contribution in [1.29, 1.82) is 0 Å². The van der Waals surface area contributed by atoms with Crippen LogP contribution in [0.4, 0.5) is 5.82 Å². The quantitative estimate of drug-likeness (QED) is 0.796. The van der Waals surface area contributed by atoms with Crippen molar-refractivity contribution in [3.05, 3.63) is 12.1 Å². The van der Waals surface area contributed by atoms with Crippen molar-refractivity contribution < 1.29 is 4.79 Å². The minimum Gasteiger partial charge on any atom is -0.354 e. The molecule has 1 unspecified atom stereocenters. The fourth-order valence-electron chi connectivity index (χ4n) is 3.46. The van der Waals surface area contributed by atoms with Crippen molar-refractivity contribution in [3.63, 3.8) is 0 Å².